The van der Waals surface area contributed by atoms with E-state index in [0.29, 0.717) is 40.1 Å². The normalized spacial score (nSPS) is 10.5. The van der Waals surface area contributed by atoms with Crippen molar-refractivity contribution in [1.29, 1.82) is 0 Å². The van der Waals surface area contributed by atoms with Crippen LogP contribution in [0.5, 0.6) is 23.0 Å². The maximum Gasteiger partial charge on any atom is 0.228 e. The van der Waals surface area contributed by atoms with E-state index in [0.717, 1.165) is 11.1 Å². The van der Waals surface area contributed by atoms with Crippen molar-refractivity contribution in [2.24, 2.45) is 0 Å². The third kappa shape index (κ3) is 5.03. The number of rotatable bonds is 9. The minimum Gasteiger partial charge on any atom is -0.495 e. The molecule has 1 amide bonds. The van der Waals surface area contributed by atoms with Crippen LogP contribution in [0.1, 0.15) is 5.56 Å². The smallest absolute Gasteiger partial charge is 0.228 e. The number of nitrogens with one attached hydrogen (secondary N) is 1. The average molecular weight is 475 g/mol. The van der Waals surface area contributed by atoms with Crippen molar-refractivity contribution in [3.63, 3.8) is 0 Å². The number of carbonyl (C=O) groups excluding carboxylic acids is 1. The van der Waals surface area contributed by atoms with Crippen molar-refractivity contribution in [2.75, 3.05) is 33.8 Å². The standard InChI is InChI=1S/C26H26N4O5/c1-32-22-11-10-18(13-20(22)28-25(31)12-17-8-6-5-7-9-17)21-16-27-29-30(21)19-14-23(33-2)26(35-4)24(15-19)34-3/h5-11,13-16H,12H2,1-4H3,(H,28,31). The van der Waals surface area contributed by atoms with E-state index in [1.54, 1.807) is 57.5 Å². The molecule has 9 heteroatoms. The predicted octanol–water partition coefficient (Wildman–Crippen LogP) is 4.15. The van der Waals surface area contributed by atoms with Gasteiger partial charge in [-0.05, 0) is 23.8 Å². The molecule has 0 aliphatic rings. The van der Waals surface area contributed by atoms with E-state index in [-0.39, 0.29) is 12.3 Å². The number of amides is 1. The highest BCUT2D eigenvalue weighted by Gasteiger charge is 2.18. The summed E-state index contributed by atoms with van der Waals surface area (Å²) in [6.07, 6.45) is 1.89. The van der Waals surface area contributed by atoms with E-state index in [1.807, 2.05) is 42.5 Å². The molecule has 1 aromatic heterocycles. The number of carbonyl (C=O) groups is 1. The van der Waals surface area contributed by atoms with Crippen LogP contribution in [0.3, 0.4) is 0 Å². The van der Waals surface area contributed by atoms with Crippen LogP contribution < -0.4 is 24.3 Å². The van der Waals surface area contributed by atoms with E-state index >= 15 is 0 Å². The average Bonchev–Trinajstić information content (AvgIpc) is 3.38. The maximum absolute atomic E-state index is 12.7. The first-order chi connectivity index (χ1) is 17.1. The number of hydrogen-bond donors (Lipinski definition) is 1. The van der Waals surface area contributed by atoms with Crippen molar-refractivity contribution in [1.82, 2.24) is 15.0 Å². The Bertz CT molecular complexity index is 1300. The molecule has 4 aromatic rings. The van der Waals surface area contributed by atoms with Gasteiger partial charge in [-0.15, -0.1) is 5.10 Å². The van der Waals surface area contributed by atoms with Gasteiger partial charge in [0.15, 0.2) is 11.5 Å². The lowest BCUT2D eigenvalue weighted by Crippen LogP contribution is -2.15. The molecule has 0 unspecified atom stereocenters. The molecular weight excluding hydrogens is 448 g/mol. The molecule has 0 aliphatic heterocycles. The zero-order valence-electron chi connectivity index (χ0n) is 19.9. The molecular formula is C26H26N4O5. The summed E-state index contributed by atoms with van der Waals surface area (Å²) in [6.45, 7) is 0. The van der Waals surface area contributed by atoms with Crippen LogP contribution in [-0.4, -0.2) is 49.3 Å². The number of nitrogens with zero attached hydrogens (tertiary/aromatic N) is 3. The number of ether oxygens (including phenoxy) is 4. The monoisotopic (exact) mass is 474 g/mol. The lowest BCUT2D eigenvalue weighted by atomic mass is 10.1. The molecule has 0 bridgehead atoms. The topological polar surface area (TPSA) is 96.7 Å². The van der Waals surface area contributed by atoms with Gasteiger partial charge in [-0.1, -0.05) is 35.5 Å². The largest absolute Gasteiger partial charge is 0.495 e. The molecule has 0 atom stereocenters. The van der Waals surface area contributed by atoms with Crippen LogP contribution in [-0.2, 0) is 11.2 Å². The summed E-state index contributed by atoms with van der Waals surface area (Å²) in [5, 5.41) is 11.3. The fraction of sp³-hybridized carbons (Fsp3) is 0.192. The highest BCUT2D eigenvalue weighted by molar-refractivity contribution is 5.94. The number of anilines is 1. The van der Waals surface area contributed by atoms with E-state index < -0.39 is 0 Å². The Labute approximate surface area is 203 Å². The molecule has 0 fully saturated rings. The highest BCUT2D eigenvalue weighted by atomic mass is 16.5. The summed E-state index contributed by atoms with van der Waals surface area (Å²) >= 11 is 0. The fourth-order valence-electron chi connectivity index (χ4n) is 3.75. The van der Waals surface area contributed by atoms with Gasteiger partial charge in [-0.25, -0.2) is 4.68 Å². The van der Waals surface area contributed by atoms with Crippen LogP contribution in [0.15, 0.2) is 66.9 Å². The molecule has 0 aliphatic carbocycles. The van der Waals surface area contributed by atoms with Gasteiger partial charge in [0.25, 0.3) is 0 Å². The van der Waals surface area contributed by atoms with Crippen LogP contribution >= 0.6 is 0 Å². The molecule has 0 saturated heterocycles. The first-order valence-corrected chi connectivity index (χ1v) is 10.8. The molecule has 9 nitrogen and oxygen atoms in total. The number of hydrogen-bond acceptors (Lipinski definition) is 7. The summed E-state index contributed by atoms with van der Waals surface area (Å²) in [5.74, 6) is 1.86. The second kappa shape index (κ2) is 10.6. The molecule has 1 N–H and O–H groups in total. The summed E-state index contributed by atoms with van der Waals surface area (Å²) in [5.41, 5.74) is 3.60. The molecule has 3 aromatic carbocycles. The Morgan fingerprint density at radius 2 is 1.54 bits per heavy atom. The van der Waals surface area contributed by atoms with Gasteiger partial charge >= 0.3 is 0 Å². The fourth-order valence-corrected chi connectivity index (χ4v) is 3.75. The third-order valence-electron chi connectivity index (χ3n) is 5.42. The molecule has 0 spiro atoms. The van der Waals surface area contributed by atoms with Crippen molar-refractivity contribution < 1.29 is 23.7 Å². The van der Waals surface area contributed by atoms with Crippen molar-refractivity contribution in [2.45, 2.75) is 6.42 Å². The van der Waals surface area contributed by atoms with E-state index in [9.17, 15) is 4.79 Å². The van der Waals surface area contributed by atoms with Gasteiger partial charge in [0.05, 0.1) is 58.1 Å². The van der Waals surface area contributed by atoms with Gasteiger partial charge < -0.3 is 24.3 Å². The van der Waals surface area contributed by atoms with Gasteiger partial charge in [0.2, 0.25) is 11.7 Å². The van der Waals surface area contributed by atoms with Gasteiger partial charge in [-0.2, -0.15) is 0 Å². The minimum absolute atomic E-state index is 0.150. The summed E-state index contributed by atoms with van der Waals surface area (Å²) < 4.78 is 23.5. The first kappa shape index (κ1) is 23.6. The van der Waals surface area contributed by atoms with Crippen molar-refractivity contribution >= 4 is 11.6 Å². The Morgan fingerprint density at radius 3 is 2.17 bits per heavy atom. The number of methoxy groups -OCH3 is 4. The molecule has 0 radical (unpaired) electrons. The summed E-state index contributed by atoms with van der Waals surface area (Å²) in [4.78, 5) is 12.7. The van der Waals surface area contributed by atoms with E-state index in [1.165, 1.54) is 0 Å². The Hall–Kier alpha value is -4.53. The summed E-state index contributed by atoms with van der Waals surface area (Å²) in [6, 6.07) is 18.6. The van der Waals surface area contributed by atoms with E-state index in [4.69, 9.17) is 18.9 Å². The van der Waals surface area contributed by atoms with Crippen LogP contribution in [0.2, 0.25) is 0 Å². The second-order valence-corrected chi connectivity index (χ2v) is 7.54. The number of benzene rings is 3. The Morgan fingerprint density at radius 1 is 0.857 bits per heavy atom. The molecule has 35 heavy (non-hydrogen) atoms. The van der Waals surface area contributed by atoms with E-state index in [2.05, 4.69) is 15.6 Å². The van der Waals surface area contributed by atoms with Crippen LogP contribution in [0.25, 0.3) is 16.9 Å². The Kier molecular flexibility index (Phi) is 7.15. The highest BCUT2D eigenvalue weighted by Crippen LogP contribution is 2.40. The van der Waals surface area contributed by atoms with Crippen molar-refractivity contribution in [3.05, 3.63) is 72.4 Å². The first-order valence-electron chi connectivity index (χ1n) is 10.8. The zero-order chi connectivity index (χ0) is 24.8. The minimum atomic E-state index is -0.150. The lowest BCUT2D eigenvalue weighted by Gasteiger charge is -2.16. The quantitative estimate of drug-likeness (QED) is 0.389. The van der Waals surface area contributed by atoms with Gasteiger partial charge in [0, 0.05) is 17.7 Å². The molecule has 180 valence electrons. The molecule has 1 heterocycles. The molecule has 0 saturated carbocycles. The maximum atomic E-state index is 12.7. The van der Waals surface area contributed by atoms with Crippen molar-refractivity contribution in [3.8, 4) is 39.9 Å². The summed E-state index contributed by atoms with van der Waals surface area (Å²) in [7, 11) is 6.21. The third-order valence-corrected chi connectivity index (χ3v) is 5.42. The Balaban J connectivity index is 1.69. The number of aromatic nitrogens is 3. The SMILES string of the molecule is COc1ccc(-c2cnnn2-c2cc(OC)c(OC)c(OC)c2)cc1NC(=O)Cc1ccccc1. The van der Waals surface area contributed by atoms with Crippen LogP contribution in [0, 0.1) is 0 Å². The van der Waals surface area contributed by atoms with Gasteiger partial charge in [-0.3, -0.25) is 4.79 Å². The second-order valence-electron chi connectivity index (χ2n) is 7.54. The zero-order valence-corrected chi connectivity index (χ0v) is 19.9. The predicted molar refractivity (Wildman–Crippen MR) is 132 cm³/mol. The van der Waals surface area contributed by atoms with Crippen LogP contribution in [0.4, 0.5) is 5.69 Å². The van der Waals surface area contributed by atoms with Gasteiger partial charge in [0.1, 0.15) is 5.75 Å². The lowest BCUT2D eigenvalue weighted by molar-refractivity contribution is -0.115. The molecule has 4 rings (SSSR count).